The molecule has 10 nitrogen and oxygen atoms in total. The molecular formula is C27H27ClN6O4. The summed E-state index contributed by atoms with van der Waals surface area (Å²) in [5, 5.41) is 6.24. The number of rotatable bonds is 9. The third-order valence-electron chi connectivity index (χ3n) is 6.38. The number of carbonyl (C=O) groups excluding carboxylic acids is 2. The second-order valence-corrected chi connectivity index (χ2v) is 9.37. The predicted octanol–water partition coefficient (Wildman–Crippen LogP) is 5.37. The summed E-state index contributed by atoms with van der Waals surface area (Å²) in [6.45, 7) is 4.25. The number of amides is 3. The van der Waals surface area contributed by atoms with Crippen molar-refractivity contribution in [1.29, 1.82) is 0 Å². The van der Waals surface area contributed by atoms with Crippen molar-refractivity contribution in [3.63, 3.8) is 0 Å². The Labute approximate surface area is 225 Å². The van der Waals surface area contributed by atoms with Crippen molar-refractivity contribution >= 4 is 52.4 Å². The van der Waals surface area contributed by atoms with E-state index in [0.717, 1.165) is 18.4 Å². The lowest BCUT2D eigenvalue weighted by Crippen LogP contribution is -2.49. The summed E-state index contributed by atoms with van der Waals surface area (Å²) in [4.78, 5) is 38.2. The molecule has 0 spiro atoms. The number of hydrogen-bond acceptors (Lipinski definition) is 7. The molecule has 2 aromatic carbocycles. The minimum Gasteiger partial charge on any atom is -0.497 e. The van der Waals surface area contributed by atoms with Crippen LogP contribution in [-0.4, -0.2) is 42.7 Å². The molecule has 0 atom stereocenters. The van der Waals surface area contributed by atoms with Gasteiger partial charge in [-0.05, 0) is 37.0 Å². The van der Waals surface area contributed by atoms with E-state index in [4.69, 9.17) is 26.1 Å². The van der Waals surface area contributed by atoms with E-state index in [9.17, 15) is 9.59 Å². The maximum atomic E-state index is 13.9. The Hall–Kier alpha value is -4.31. The first-order valence-corrected chi connectivity index (χ1v) is 12.5. The van der Waals surface area contributed by atoms with Crippen LogP contribution in [0.2, 0.25) is 5.02 Å². The highest BCUT2D eigenvalue weighted by molar-refractivity contribution is 6.35. The SMILES string of the molecule is C=CC(=O)Nc1ccccc1Nc1ncc2c(n1)N(CC1CC1)C(=O)N(c1cc(OC)cc(OC)c1Cl)C2. The van der Waals surface area contributed by atoms with Crippen molar-refractivity contribution in [2.45, 2.75) is 19.4 Å². The zero-order valence-electron chi connectivity index (χ0n) is 21.0. The number of anilines is 5. The molecule has 1 aliphatic carbocycles. The van der Waals surface area contributed by atoms with Gasteiger partial charge in [-0.15, -0.1) is 0 Å². The number of aromatic nitrogens is 2. The van der Waals surface area contributed by atoms with Crippen LogP contribution in [0, 0.1) is 5.92 Å². The van der Waals surface area contributed by atoms with Gasteiger partial charge in [0.25, 0.3) is 0 Å². The van der Waals surface area contributed by atoms with E-state index >= 15 is 0 Å². The molecule has 1 aromatic heterocycles. The van der Waals surface area contributed by atoms with Crippen molar-refractivity contribution in [3.05, 3.63) is 65.8 Å². The third kappa shape index (κ3) is 5.08. The van der Waals surface area contributed by atoms with Gasteiger partial charge >= 0.3 is 6.03 Å². The monoisotopic (exact) mass is 534 g/mol. The van der Waals surface area contributed by atoms with Crippen molar-refractivity contribution in [2.24, 2.45) is 5.92 Å². The topological polar surface area (TPSA) is 109 Å². The Morgan fingerprint density at radius 2 is 1.97 bits per heavy atom. The molecule has 1 fully saturated rings. The number of nitrogens with zero attached hydrogens (tertiary/aromatic N) is 4. The van der Waals surface area contributed by atoms with Gasteiger partial charge in [-0.3, -0.25) is 14.6 Å². The molecule has 3 aromatic rings. The smallest absolute Gasteiger partial charge is 0.330 e. The van der Waals surface area contributed by atoms with Crippen LogP contribution in [0.3, 0.4) is 0 Å². The standard InChI is InChI=1S/C27H27ClN6O4/c1-4-23(35)30-19-7-5-6-8-20(19)31-26-29-13-17-15-33(21-11-18(37-2)12-22(38-3)24(21)28)27(36)34(25(17)32-26)14-16-9-10-16/h4-8,11-13,16H,1,9-10,14-15H2,2-3H3,(H,30,35)(H,29,31,32). The van der Waals surface area contributed by atoms with Crippen LogP contribution in [0.15, 0.2) is 55.3 Å². The number of para-hydroxylation sites is 2. The number of nitrogens with one attached hydrogen (secondary N) is 2. The molecule has 0 unspecified atom stereocenters. The first-order chi connectivity index (χ1) is 18.4. The summed E-state index contributed by atoms with van der Waals surface area (Å²) in [6.07, 6.45) is 5.00. The summed E-state index contributed by atoms with van der Waals surface area (Å²) >= 11 is 6.64. The van der Waals surface area contributed by atoms with E-state index in [2.05, 4.69) is 22.2 Å². The summed E-state index contributed by atoms with van der Waals surface area (Å²) in [5.74, 6) is 1.84. The molecule has 1 saturated carbocycles. The molecule has 11 heteroatoms. The summed E-state index contributed by atoms with van der Waals surface area (Å²) < 4.78 is 10.8. The first-order valence-electron chi connectivity index (χ1n) is 12.1. The molecule has 196 valence electrons. The number of ether oxygens (including phenoxy) is 2. The molecule has 0 saturated heterocycles. The fourth-order valence-electron chi connectivity index (χ4n) is 4.22. The number of urea groups is 1. The fourth-order valence-corrected chi connectivity index (χ4v) is 4.50. The van der Waals surface area contributed by atoms with Gasteiger partial charge in [0.2, 0.25) is 11.9 Å². The highest BCUT2D eigenvalue weighted by Gasteiger charge is 2.38. The van der Waals surface area contributed by atoms with Gasteiger partial charge in [-0.1, -0.05) is 30.3 Å². The van der Waals surface area contributed by atoms with Crippen LogP contribution in [0.25, 0.3) is 0 Å². The third-order valence-corrected chi connectivity index (χ3v) is 6.76. The zero-order chi connectivity index (χ0) is 26.8. The molecule has 1 aliphatic heterocycles. The van der Waals surface area contributed by atoms with Gasteiger partial charge in [0, 0.05) is 30.4 Å². The van der Waals surface area contributed by atoms with Gasteiger partial charge < -0.3 is 20.1 Å². The molecule has 38 heavy (non-hydrogen) atoms. The van der Waals surface area contributed by atoms with E-state index < -0.39 is 0 Å². The van der Waals surface area contributed by atoms with Crippen molar-refractivity contribution in [2.75, 3.05) is 41.2 Å². The van der Waals surface area contributed by atoms with Gasteiger partial charge in [-0.2, -0.15) is 4.98 Å². The number of carbonyl (C=O) groups is 2. The molecule has 0 radical (unpaired) electrons. The summed E-state index contributed by atoms with van der Waals surface area (Å²) in [7, 11) is 3.06. The van der Waals surface area contributed by atoms with Crippen LogP contribution in [0.1, 0.15) is 18.4 Å². The zero-order valence-corrected chi connectivity index (χ0v) is 21.8. The van der Waals surface area contributed by atoms with Gasteiger partial charge in [0.1, 0.15) is 22.3 Å². The van der Waals surface area contributed by atoms with Crippen molar-refractivity contribution < 1.29 is 19.1 Å². The van der Waals surface area contributed by atoms with Gasteiger partial charge in [-0.25, -0.2) is 9.78 Å². The Morgan fingerprint density at radius 1 is 1.21 bits per heavy atom. The van der Waals surface area contributed by atoms with E-state index in [-0.39, 0.29) is 18.5 Å². The van der Waals surface area contributed by atoms with Crippen LogP contribution < -0.4 is 29.9 Å². The summed E-state index contributed by atoms with van der Waals surface area (Å²) in [6, 6.07) is 10.3. The Balaban J connectivity index is 1.50. The first kappa shape index (κ1) is 25.3. The maximum Gasteiger partial charge on any atom is 0.330 e. The normalized spacial score (nSPS) is 14.6. The van der Waals surface area contributed by atoms with Crippen molar-refractivity contribution in [1.82, 2.24) is 9.97 Å². The Bertz CT molecular complexity index is 1410. The molecule has 0 bridgehead atoms. The fraction of sp³-hybridized carbons (Fsp3) is 0.259. The van der Waals surface area contributed by atoms with E-state index in [1.807, 2.05) is 6.07 Å². The minimum absolute atomic E-state index is 0.220. The van der Waals surface area contributed by atoms with Crippen LogP contribution in [0.5, 0.6) is 11.5 Å². The number of methoxy groups -OCH3 is 2. The molecular weight excluding hydrogens is 508 g/mol. The highest BCUT2D eigenvalue weighted by atomic mass is 35.5. The van der Waals surface area contributed by atoms with Crippen LogP contribution in [-0.2, 0) is 11.3 Å². The Kier molecular flexibility index (Phi) is 7.06. The lowest BCUT2D eigenvalue weighted by Gasteiger charge is -2.36. The minimum atomic E-state index is -0.334. The van der Waals surface area contributed by atoms with E-state index in [1.165, 1.54) is 13.2 Å². The highest BCUT2D eigenvalue weighted by Crippen LogP contribution is 2.43. The Morgan fingerprint density at radius 3 is 2.66 bits per heavy atom. The molecule has 2 aliphatic rings. The lowest BCUT2D eigenvalue weighted by molar-refractivity contribution is -0.111. The second kappa shape index (κ2) is 10.6. The predicted molar refractivity (Wildman–Crippen MR) is 147 cm³/mol. The lowest BCUT2D eigenvalue weighted by atomic mass is 10.1. The second-order valence-electron chi connectivity index (χ2n) is 8.99. The van der Waals surface area contributed by atoms with E-state index in [0.29, 0.717) is 57.8 Å². The van der Waals surface area contributed by atoms with Crippen molar-refractivity contribution in [3.8, 4) is 11.5 Å². The van der Waals surface area contributed by atoms with Gasteiger partial charge in [0.05, 0.1) is 37.8 Å². The number of hydrogen-bond donors (Lipinski definition) is 2. The van der Waals surface area contributed by atoms with E-state index in [1.54, 1.807) is 53.4 Å². The quantitative estimate of drug-likeness (QED) is 0.355. The van der Waals surface area contributed by atoms with Crippen LogP contribution in [0.4, 0.5) is 33.6 Å². The maximum absolute atomic E-state index is 13.9. The molecule has 5 rings (SSSR count). The number of benzene rings is 2. The molecule has 3 amide bonds. The average molecular weight is 535 g/mol. The largest absolute Gasteiger partial charge is 0.497 e. The number of halogens is 1. The van der Waals surface area contributed by atoms with Gasteiger partial charge in [0.15, 0.2) is 0 Å². The molecule has 2 N–H and O–H groups in total. The summed E-state index contributed by atoms with van der Waals surface area (Å²) in [5.41, 5.74) is 2.41. The average Bonchev–Trinajstić information content (AvgIpc) is 3.76. The number of fused-ring (bicyclic) bond motifs is 1. The van der Waals surface area contributed by atoms with Crippen LogP contribution >= 0.6 is 11.6 Å². The molecule has 2 heterocycles.